The van der Waals surface area contributed by atoms with Crippen LogP contribution in [0, 0.1) is 12.7 Å². The minimum Gasteiger partial charge on any atom is -0.454 e. The maximum atomic E-state index is 13.7. The fourth-order valence-corrected chi connectivity index (χ4v) is 1.99. The number of hydrogen-bond donors (Lipinski definition) is 1. The molecule has 0 bridgehead atoms. The predicted octanol–water partition coefficient (Wildman–Crippen LogP) is 4.43. The maximum absolute atomic E-state index is 13.7. The van der Waals surface area contributed by atoms with E-state index in [1.165, 1.54) is 11.6 Å². The van der Waals surface area contributed by atoms with Crippen molar-refractivity contribution in [3.8, 4) is 11.5 Å². The Morgan fingerprint density at radius 1 is 1.10 bits per heavy atom. The van der Waals surface area contributed by atoms with Gasteiger partial charge >= 0.3 is 0 Å². The van der Waals surface area contributed by atoms with Crippen molar-refractivity contribution in [1.29, 1.82) is 0 Å². The van der Waals surface area contributed by atoms with Crippen molar-refractivity contribution in [2.75, 3.05) is 6.54 Å². The summed E-state index contributed by atoms with van der Waals surface area (Å²) in [5.41, 5.74) is 2.21. The van der Waals surface area contributed by atoms with E-state index in [4.69, 9.17) is 4.74 Å². The third-order valence-electron chi connectivity index (χ3n) is 3.01. The second-order valence-corrected chi connectivity index (χ2v) is 4.82. The van der Waals surface area contributed by atoms with Crippen molar-refractivity contribution in [2.45, 2.75) is 26.8 Å². The Hall–Kier alpha value is -1.87. The van der Waals surface area contributed by atoms with E-state index in [1.54, 1.807) is 18.2 Å². The van der Waals surface area contributed by atoms with Gasteiger partial charge in [-0.05, 0) is 38.1 Å². The van der Waals surface area contributed by atoms with Crippen LogP contribution in [0.1, 0.15) is 24.5 Å². The van der Waals surface area contributed by atoms with Gasteiger partial charge in [-0.15, -0.1) is 0 Å². The van der Waals surface area contributed by atoms with Crippen LogP contribution in [0.15, 0.2) is 42.5 Å². The average Bonchev–Trinajstić information content (AvgIpc) is 2.44. The Morgan fingerprint density at radius 3 is 2.65 bits per heavy atom. The van der Waals surface area contributed by atoms with E-state index in [9.17, 15) is 4.39 Å². The third-order valence-corrected chi connectivity index (χ3v) is 3.01. The third kappa shape index (κ3) is 3.81. The van der Waals surface area contributed by atoms with Gasteiger partial charge in [0.05, 0.1) is 0 Å². The van der Waals surface area contributed by atoms with Crippen molar-refractivity contribution in [2.24, 2.45) is 0 Å². The minimum absolute atomic E-state index is 0.257. The molecule has 0 aliphatic rings. The number of para-hydroxylation sites is 1. The normalized spacial score (nSPS) is 10.6. The van der Waals surface area contributed by atoms with Crippen molar-refractivity contribution in [3.63, 3.8) is 0 Å². The van der Waals surface area contributed by atoms with Crippen molar-refractivity contribution in [3.05, 3.63) is 59.4 Å². The quantitative estimate of drug-likeness (QED) is 0.786. The molecule has 106 valence electrons. The molecular formula is C17H20FNO. The number of hydrogen-bond acceptors (Lipinski definition) is 2. The SMILES string of the molecule is CCCNCc1cc(C)ccc1Oc1ccccc1F. The smallest absolute Gasteiger partial charge is 0.165 e. The van der Waals surface area contributed by atoms with Crippen LogP contribution >= 0.6 is 0 Å². The van der Waals surface area contributed by atoms with Crippen LogP contribution in [-0.4, -0.2) is 6.54 Å². The van der Waals surface area contributed by atoms with Gasteiger partial charge in [-0.3, -0.25) is 0 Å². The summed E-state index contributed by atoms with van der Waals surface area (Å²) >= 11 is 0. The van der Waals surface area contributed by atoms with Gasteiger partial charge in [-0.2, -0.15) is 0 Å². The fourth-order valence-electron chi connectivity index (χ4n) is 1.99. The first kappa shape index (κ1) is 14.5. The highest BCUT2D eigenvalue weighted by Gasteiger charge is 2.08. The van der Waals surface area contributed by atoms with Crippen molar-refractivity contribution >= 4 is 0 Å². The van der Waals surface area contributed by atoms with E-state index in [1.807, 2.05) is 19.1 Å². The highest BCUT2D eigenvalue weighted by Crippen LogP contribution is 2.28. The predicted molar refractivity (Wildman–Crippen MR) is 79.7 cm³/mol. The highest BCUT2D eigenvalue weighted by atomic mass is 19.1. The molecule has 0 saturated heterocycles. The molecule has 0 spiro atoms. The van der Waals surface area contributed by atoms with Crippen molar-refractivity contribution in [1.82, 2.24) is 5.32 Å². The van der Waals surface area contributed by atoms with E-state index in [2.05, 4.69) is 18.3 Å². The zero-order chi connectivity index (χ0) is 14.4. The number of halogens is 1. The Balaban J connectivity index is 2.20. The molecule has 2 aromatic carbocycles. The first-order valence-electron chi connectivity index (χ1n) is 6.93. The van der Waals surface area contributed by atoms with E-state index in [0.717, 1.165) is 25.1 Å². The monoisotopic (exact) mass is 273 g/mol. The number of rotatable bonds is 6. The van der Waals surface area contributed by atoms with Gasteiger partial charge in [0, 0.05) is 12.1 Å². The summed E-state index contributed by atoms with van der Waals surface area (Å²) < 4.78 is 19.4. The minimum atomic E-state index is -0.347. The molecule has 0 heterocycles. The standard InChI is InChI=1S/C17H20FNO/c1-3-10-19-12-14-11-13(2)8-9-16(14)20-17-7-5-4-6-15(17)18/h4-9,11,19H,3,10,12H2,1-2H3. The Labute approximate surface area is 119 Å². The molecule has 1 N–H and O–H groups in total. The van der Waals surface area contributed by atoms with E-state index >= 15 is 0 Å². The summed E-state index contributed by atoms with van der Waals surface area (Å²) in [6.45, 7) is 5.84. The molecule has 0 radical (unpaired) electrons. The summed E-state index contributed by atoms with van der Waals surface area (Å²) in [7, 11) is 0. The zero-order valence-electron chi connectivity index (χ0n) is 11.9. The number of benzene rings is 2. The van der Waals surface area contributed by atoms with Crippen LogP contribution in [0.2, 0.25) is 0 Å². The molecule has 0 unspecified atom stereocenters. The fraction of sp³-hybridized carbons (Fsp3) is 0.294. The lowest BCUT2D eigenvalue weighted by Crippen LogP contribution is -2.14. The lowest BCUT2D eigenvalue weighted by molar-refractivity contribution is 0.435. The Bertz CT molecular complexity index is 569. The van der Waals surface area contributed by atoms with Crippen LogP contribution < -0.4 is 10.1 Å². The van der Waals surface area contributed by atoms with Crippen LogP contribution in [0.25, 0.3) is 0 Å². The van der Waals surface area contributed by atoms with E-state index in [-0.39, 0.29) is 11.6 Å². The Morgan fingerprint density at radius 2 is 1.90 bits per heavy atom. The summed E-state index contributed by atoms with van der Waals surface area (Å²) in [6, 6.07) is 12.4. The van der Waals surface area contributed by atoms with Gasteiger partial charge in [-0.1, -0.05) is 36.8 Å². The first-order chi connectivity index (χ1) is 9.70. The summed E-state index contributed by atoms with van der Waals surface area (Å²) in [6.07, 6.45) is 1.08. The molecule has 2 aromatic rings. The average molecular weight is 273 g/mol. The molecule has 0 aromatic heterocycles. The molecule has 20 heavy (non-hydrogen) atoms. The second kappa shape index (κ2) is 7.06. The van der Waals surface area contributed by atoms with E-state index < -0.39 is 0 Å². The van der Waals surface area contributed by atoms with Gasteiger partial charge in [-0.25, -0.2) is 4.39 Å². The zero-order valence-corrected chi connectivity index (χ0v) is 11.9. The van der Waals surface area contributed by atoms with Crippen LogP contribution in [0.4, 0.5) is 4.39 Å². The largest absolute Gasteiger partial charge is 0.454 e. The number of ether oxygens (including phenoxy) is 1. The maximum Gasteiger partial charge on any atom is 0.165 e. The molecule has 2 nitrogen and oxygen atoms in total. The van der Waals surface area contributed by atoms with Gasteiger partial charge in [0.1, 0.15) is 5.75 Å². The molecule has 0 saturated carbocycles. The first-order valence-corrected chi connectivity index (χ1v) is 6.93. The summed E-state index contributed by atoms with van der Waals surface area (Å²) in [4.78, 5) is 0. The topological polar surface area (TPSA) is 21.3 Å². The van der Waals surface area contributed by atoms with E-state index in [0.29, 0.717) is 5.75 Å². The number of aryl methyl sites for hydroxylation is 1. The molecule has 2 rings (SSSR count). The molecule has 0 fully saturated rings. The van der Waals surface area contributed by atoms with Crippen LogP contribution in [0.5, 0.6) is 11.5 Å². The molecule has 0 aliphatic heterocycles. The highest BCUT2D eigenvalue weighted by molar-refractivity contribution is 5.40. The van der Waals surface area contributed by atoms with Crippen LogP contribution in [-0.2, 0) is 6.54 Å². The van der Waals surface area contributed by atoms with Crippen LogP contribution in [0.3, 0.4) is 0 Å². The van der Waals surface area contributed by atoms with Gasteiger partial charge in [0.25, 0.3) is 0 Å². The molecular weight excluding hydrogens is 253 g/mol. The van der Waals surface area contributed by atoms with Crippen molar-refractivity contribution < 1.29 is 9.13 Å². The summed E-state index contributed by atoms with van der Waals surface area (Å²) in [5.74, 6) is 0.609. The van der Waals surface area contributed by atoms with Gasteiger partial charge < -0.3 is 10.1 Å². The lowest BCUT2D eigenvalue weighted by Gasteiger charge is -2.13. The van der Waals surface area contributed by atoms with Gasteiger partial charge in [0.2, 0.25) is 0 Å². The molecule has 0 atom stereocenters. The Kier molecular flexibility index (Phi) is 5.13. The molecule has 0 amide bonds. The number of nitrogens with one attached hydrogen (secondary N) is 1. The lowest BCUT2D eigenvalue weighted by atomic mass is 10.1. The second-order valence-electron chi connectivity index (χ2n) is 4.82. The molecule has 0 aliphatic carbocycles. The van der Waals surface area contributed by atoms with Gasteiger partial charge in [0.15, 0.2) is 11.6 Å². The molecule has 3 heteroatoms. The summed E-state index contributed by atoms with van der Waals surface area (Å²) in [5, 5.41) is 3.35.